The zero-order chi connectivity index (χ0) is 21.3. The minimum Gasteiger partial charge on any atom is -0.487 e. The number of aliphatic hydroxyl groups is 1. The number of nitrogens with zero attached hydrogens (tertiary/aromatic N) is 1. The average Bonchev–Trinajstić information content (AvgIpc) is 2.64. The van der Waals surface area contributed by atoms with Gasteiger partial charge in [-0.25, -0.2) is 8.78 Å². The summed E-state index contributed by atoms with van der Waals surface area (Å²) < 4.78 is 34.1. The molecule has 0 amide bonds. The number of halogens is 3. The van der Waals surface area contributed by atoms with Gasteiger partial charge in [-0.05, 0) is 66.5 Å². The van der Waals surface area contributed by atoms with Crippen molar-refractivity contribution >= 4 is 15.9 Å². The highest BCUT2D eigenvalue weighted by atomic mass is 79.9. The number of aromatic nitrogens is 1. The SMILES string of the molecule is Cc1cc(OCc2ccc(F)cc2F)c(Br)c(=O)n1-c1ccc(C(C)(C)O)cc1. The Balaban J connectivity index is 1.91. The van der Waals surface area contributed by atoms with Crippen LogP contribution in [0.25, 0.3) is 5.69 Å². The molecule has 0 fully saturated rings. The molecule has 7 heteroatoms. The van der Waals surface area contributed by atoms with Crippen molar-refractivity contribution in [2.24, 2.45) is 0 Å². The van der Waals surface area contributed by atoms with E-state index in [1.54, 1.807) is 51.1 Å². The lowest BCUT2D eigenvalue weighted by Crippen LogP contribution is -2.22. The highest BCUT2D eigenvalue weighted by Gasteiger charge is 2.17. The Morgan fingerprint density at radius 3 is 2.34 bits per heavy atom. The Hall–Kier alpha value is -2.51. The molecule has 2 aromatic carbocycles. The van der Waals surface area contributed by atoms with Crippen LogP contribution in [0.4, 0.5) is 8.78 Å². The van der Waals surface area contributed by atoms with E-state index in [1.165, 1.54) is 10.6 Å². The number of hydrogen-bond acceptors (Lipinski definition) is 3. The summed E-state index contributed by atoms with van der Waals surface area (Å²) in [7, 11) is 0. The Labute approximate surface area is 175 Å². The molecule has 152 valence electrons. The van der Waals surface area contributed by atoms with Crippen LogP contribution < -0.4 is 10.3 Å². The van der Waals surface area contributed by atoms with Gasteiger partial charge in [0.05, 0.1) is 5.60 Å². The lowest BCUT2D eigenvalue weighted by molar-refractivity contribution is 0.0786. The second kappa shape index (κ2) is 8.08. The summed E-state index contributed by atoms with van der Waals surface area (Å²) in [6, 6.07) is 11.9. The van der Waals surface area contributed by atoms with E-state index in [1.807, 2.05) is 0 Å². The van der Waals surface area contributed by atoms with Crippen LogP contribution in [-0.4, -0.2) is 9.67 Å². The second-order valence-corrected chi connectivity index (χ2v) is 8.03. The van der Waals surface area contributed by atoms with Crippen LogP contribution in [0.15, 0.2) is 57.8 Å². The topological polar surface area (TPSA) is 51.5 Å². The highest BCUT2D eigenvalue weighted by molar-refractivity contribution is 9.10. The summed E-state index contributed by atoms with van der Waals surface area (Å²) in [5.74, 6) is -1.11. The van der Waals surface area contributed by atoms with Crippen LogP contribution in [0, 0.1) is 18.6 Å². The molecule has 0 bridgehead atoms. The quantitative estimate of drug-likeness (QED) is 0.579. The van der Waals surface area contributed by atoms with Gasteiger partial charge >= 0.3 is 0 Å². The molecule has 0 aliphatic heterocycles. The van der Waals surface area contributed by atoms with Crippen molar-refractivity contribution in [3.05, 3.63) is 91.8 Å². The van der Waals surface area contributed by atoms with Gasteiger partial charge in [0.1, 0.15) is 28.5 Å². The molecule has 1 heterocycles. The predicted octanol–water partition coefficient (Wildman–Crippen LogP) is 4.99. The first-order chi connectivity index (χ1) is 13.6. The summed E-state index contributed by atoms with van der Waals surface area (Å²) in [5.41, 5.74) is 0.846. The lowest BCUT2D eigenvalue weighted by atomic mass is 9.98. The van der Waals surface area contributed by atoms with Crippen molar-refractivity contribution in [3.8, 4) is 11.4 Å². The third-order valence-corrected chi connectivity index (χ3v) is 5.26. The molecule has 0 saturated carbocycles. The number of pyridine rings is 1. The number of ether oxygens (including phenoxy) is 1. The molecule has 29 heavy (non-hydrogen) atoms. The summed E-state index contributed by atoms with van der Waals surface area (Å²) >= 11 is 3.26. The summed E-state index contributed by atoms with van der Waals surface area (Å²) in [6.45, 7) is 4.98. The van der Waals surface area contributed by atoms with Gasteiger partial charge < -0.3 is 9.84 Å². The maximum absolute atomic E-state index is 13.8. The van der Waals surface area contributed by atoms with Gasteiger partial charge in [-0.15, -0.1) is 0 Å². The van der Waals surface area contributed by atoms with Gasteiger partial charge in [0.15, 0.2) is 0 Å². The van der Waals surface area contributed by atoms with Crippen LogP contribution >= 0.6 is 15.9 Å². The second-order valence-electron chi connectivity index (χ2n) is 7.23. The number of aryl methyl sites for hydroxylation is 1. The highest BCUT2D eigenvalue weighted by Crippen LogP contribution is 2.26. The maximum atomic E-state index is 13.8. The molecule has 3 rings (SSSR count). The third kappa shape index (κ3) is 4.57. The van der Waals surface area contributed by atoms with Gasteiger partial charge in [-0.1, -0.05) is 12.1 Å². The van der Waals surface area contributed by atoms with E-state index >= 15 is 0 Å². The van der Waals surface area contributed by atoms with E-state index in [4.69, 9.17) is 4.74 Å². The van der Waals surface area contributed by atoms with E-state index in [9.17, 15) is 18.7 Å². The summed E-state index contributed by atoms with van der Waals surface area (Å²) in [5, 5.41) is 10.1. The smallest absolute Gasteiger partial charge is 0.273 e. The monoisotopic (exact) mass is 463 g/mol. The first-order valence-electron chi connectivity index (χ1n) is 8.90. The predicted molar refractivity (Wildman–Crippen MR) is 110 cm³/mol. The van der Waals surface area contributed by atoms with Gasteiger partial charge in [-0.2, -0.15) is 0 Å². The van der Waals surface area contributed by atoms with Crippen LogP contribution in [-0.2, 0) is 12.2 Å². The fourth-order valence-electron chi connectivity index (χ4n) is 2.92. The molecule has 3 aromatic rings. The third-order valence-electron chi connectivity index (χ3n) is 4.53. The molecule has 0 unspecified atom stereocenters. The van der Waals surface area contributed by atoms with Gasteiger partial charge in [0.25, 0.3) is 5.56 Å². The lowest BCUT2D eigenvalue weighted by Gasteiger charge is -2.19. The molecule has 0 saturated heterocycles. The average molecular weight is 464 g/mol. The van der Waals surface area contributed by atoms with Crippen molar-refractivity contribution in [1.29, 1.82) is 0 Å². The maximum Gasteiger partial charge on any atom is 0.273 e. The van der Waals surface area contributed by atoms with Gasteiger partial charge in [-0.3, -0.25) is 9.36 Å². The Morgan fingerprint density at radius 1 is 1.10 bits per heavy atom. The normalized spacial score (nSPS) is 11.6. The van der Waals surface area contributed by atoms with Crippen molar-refractivity contribution in [1.82, 2.24) is 4.57 Å². The fraction of sp³-hybridized carbons (Fsp3) is 0.227. The van der Waals surface area contributed by atoms with E-state index in [-0.39, 0.29) is 28.0 Å². The molecule has 0 atom stereocenters. The molecule has 0 spiro atoms. The fourth-order valence-corrected chi connectivity index (χ4v) is 3.33. The summed E-state index contributed by atoms with van der Waals surface area (Å²) in [4.78, 5) is 12.9. The van der Waals surface area contributed by atoms with Crippen molar-refractivity contribution in [2.75, 3.05) is 0 Å². The van der Waals surface area contributed by atoms with Gasteiger partial charge in [0.2, 0.25) is 0 Å². The van der Waals surface area contributed by atoms with Crippen LogP contribution in [0.3, 0.4) is 0 Å². The molecule has 0 aliphatic rings. The molecule has 1 N–H and O–H groups in total. The minimum atomic E-state index is -0.980. The van der Waals surface area contributed by atoms with Crippen LogP contribution in [0.1, 0.15) is 30.7 Å². The van der Waals surface area contributed by atoms with E-state index < -0.39 is 17.2 Å². The van der Waals surface area contributed by atoms with Crippen LogP contribution in [0.2, 0.25) is 0 Å². The van der Waals surface area contributed by atoms with E-state index in [0.717, 1.165) is 17.7 Å². The molecule has 1 aromatic heterocycles. The Kier molecular flexibility index (Phi) is 5.91. The van der Waals surface area contributed by atoms with Crippen molar-refractivity contribution < 1.29 is 18.6 Å². The number of rotatable bonds is 5. The zero-order valence-electron chi connectivity index (χ0n) is 16.2. The standard InChI is InChI=1S/C22H20BrF2NO3/c1-13-10-19(29-12-14-4-7-16(24)11-18(14)25)20(23)21(27)26(13)17-8-5-15(6-9-17)22(2,3)28/h4-11,28H,12H2,1-3H3. The summed E-state index contributed by atoms with van der Waals surface area (Å²) in [6.07, 6.45) is 0. The largest absolute Gasteiger partial charge is 0.487 e. The van der Waals surface area contributed by atoms with Crippen molar-refractivity contribution in [3.63, 3.8) is 0 Å². The Morgan fingerprint density at radius 2 is 1.76 bits per heavy atom. The van der Waals surface area contributed by atoms with E-state index in [0.29, 0.717) is 11.4 Å². The first-order valence-corrected chi connectivity index (χ1v) is 9.69. The molecular formula is C22H20BrF2NO3. The zero-order valence-corrected chi connectivity index (χ0v) is 17.8. The number of benzene rings is 2. The molecule has 4 nitrogen and oxygen atoms in total. The molecular weight excluding hydrogens is 444 g/mol. The molecule has 0 radical (unpaired) electrons. The molecule has 0 aliphatic carbocycles. The Bertz CT molecular complexity index is 1100. The van der Waals surface area contributed by atoms with Crippen molar-refractivity contribution in [2.45, 2.75) is 33.0 Å². The number of hydrogen-bond donors (Lipinski definition) is 1. The van der Waals surface area contributed by atoms with Gasteiger partial charge in [0, 0.05) is 29.1 Å². The van der Waals surface area contributed by atoms with E-state index in [2.05, 4.69) is 15.9 Å². The van der Waals surface area contributed by atoms with Crippen LogP contribution in [0.5, 0.6) is 5.75 Å². The first kappa shape index (κ1) is 21.2. The minimum absolute atomic E-state index is 0.145.